The van der Waals surface area contributed by atoms with Gasteiger partial charge in [-0.1, -0.05) is 12.1 Å². The molecule has 0 saturated heterocycles. The van der Waals surface area contributed by atoms with Crippen LogP contribution < -0.4 is 9.84 Å². The minimum Gasteiger partial charge on any atom is -0.550 e. The first-order chi connectivity index (χ1) is 10.1. The van der Waals surface area contributed by atoms with Gasteiger partial charge in [-0.05, 0) is 73.5 Å². The van der Waals surface area contributed by atoms with Gasteiger partial charge in [0.1, 0.15) is 5.75 Å². The minimum absolute atomic E-state index is 0.0520. The Bertz CT molecular complexity index is 561. The molecule has 0 N–H and O–H groups in total. The van der Waals surface area contributed by atoms with E-state index in [9.17, 15) is 9.90 Å². The summed E-state index contributed by atoms with van der Waals surface area (Å²) >= 11 is 0. The van der Waals surface area contributed by atoms with Crippen LogP contribution in [-0.4, -0.2) is 13.1 Å². The number of hydrogen-bond acceptors (Lipinski definition) is 3. The van der Waals surface area contributed by atoms with Crippen molar-refractivity contribution in [2.24, 2.45) is 17.3 Å². The van der Waals surface area contributed by atoms with Crippen LogP contribution in [0.5, 0.6) is 5.75 Å². The molecule has 4 aliphatic carbocycles. The fourth-order valence-electron chi connectivity index (χ4n) is 5.78. The molecular formula is C18H21O3-. The Labute approximate surface area is 125 Å². The molecule has 0 amide bonds. The van der Waals surface area contributed by atoms with Gasteiger partial charge in [-0.15, -0.1) is 0 Å². The van der Waals surface area contributed by atoms with E-state index in [1.807, 2.05) is 12.1 Å². The molecule has 1 aromatic rings. The molecule has 0 aliphatic heterocycles. The van der Waals surface area contributed by atoms with Crippen molar-refractivity contribution in [3.63, 3.8) is 0 Å². The zero-order chi connectivity index (χ0) is 14.7. The van der Waals surface area contributed by atoms with Crippen molar-refractivity contribution < 1.29 is 14.6 Å². The highest BCUT2D eigenvalue weighted by Gasteiger charge is 2.58. The van der Waals surface area contributed by atoms with Gasteiger partial charge < -0.3 is 14.6 Å². The van der Waals surface area contributed by atoms with Crippen LogP contribution in [0, 0.1) is 17.3 Å². The standard InChI is InChI=1S/C18H22O3/c1-21-15-4-2-14(3-5-15)17-7-12-6-13(8-17)10-18(9-12,11-17)16(19)20/h2-5,12-13H,6-11H2,1H3,(H,19,20)/p-1. The van der Waals surface area contributed by atoms with E-state index < -0.39 is 11.4 Å². The molecule has 0 spiro atoms. The van der Waals surface area contributed by atoms with E-state index in [1.165, 1.54) is 12.0 Å². The summed E-state index contributed by atoms with van der Waals surface area (Å²) in [5, 5.41) is 11.8. The van der Waals surface area contributed by atoms with Gasteiger partial charge in [0, 0.05) is 11.4 Å². The molecular weight excluding hydrogens is 264 g/mol. The number of benzene rings is 1. The molecule has 3 nitrogen and oxygen atoms in total. The number of carbonyl (C=O) groups is 1. The fourth-order valence-corrected chi connectivity index (χ4v) is 5.78. The maximum Gasteiger partial charge on any atom is 0.118 e. The van der Waals surface area contributed by atoms with Crippen LogP contribution in [0.4, 0.5) is 0 Å². The predicted molar refractivity (Wildman–Crippen MR) is 76.8 cm³/mol. The van der Waals surface area contributed by atoms with Crippen molar-refractivity contribution in [2.45, 2.75) is 43.9 Å². The summed E-state index contributed by atoms with van der Waals surface area (Å²) in [6.45, 7) is 0. The highest BCUT2D eigenvalue weighted by atomic mass is 16.5. The van der Waals surface area contributed by atoms with Crippen LogP contribution in [0.15, 0.2) is 24.3 Å². The third-order valence-corrected chi connectivity index (χ3v) is 6.20. The number of hydrogen-bond donors (Lipinski definition) is 0. The molecule has 5 rings (SSSR count). The van der Waals surface area contributed by atoms with Crippen LogP contribution >= 0.6 is 0 Å². The second kappa shape index (κ2) is 4.25. The van der Waals surface area contributed by atoms with Crippen LogP contribution in [0.3, 0.4) is 0 Å². The summed E-state index contributed by atoms with van der Waals surface area (Å²) in [6.07, 6.45) is 5.94. The number of methoxy groups -OCH3 is 1. The van der Waals surface area contributed by atoms with Crippen molar-refractivity contribution in [3.8, 4) is 5.75 Å². The molecule has 4 aliphatic rings. The van der Waals surface area contributed by atoms with E-state index in [1.54, 1.807) is 7.11 Å². The second-order valence-electron chi connectivity index (χ2n) is 7.54. The Morgan fingerprint density at radius 2 is 1.76 bits per heavy atom. The third kappa shape index (κ3) is 1.82. The lowest BCUT2D eigenvalue weighted by Crippen LogP contribution is -2.59. The van der Waals surface area contributed by atoms with Gasteiger partial charge in [0.2, 0.25) is 0 Å². The van der Waals surface area contributed by atoms with E-state index in [4.69, 9.17) is 4.74 Å². The summed E-state index contributed by atoms with van der Waals surface area (Å²) in [5.74, 6) is 1.17. The molecule has 4 saturated carbocycles. The van der Waals surface area contributed by atoms with Gasteiger partial charge in [0.05, 0.1) is 7.11 Å². The Balaban J connectivity index is 1.75. The van der Waals surface area contributed by atoms with Gasteiger partial charge in [-0.2, -0.15) is 0 Å². The van der Waals surface area contributed by atoms with Gasteiger partial charge in [0.15, 0.2) is 0 Å². The number of aliphatic carboxylic acids is 1. The zero-order valence-electron chi connectivity index (χ0n) is 12.4. The van der Waals surface area contributed by atoms with Gasteiger partial charge >= 0.3 is 0 Å². The smallest absolute Gasteiger partial charge is 0.118 e. The summed E-state index contributed by atoms with van der Waals surface area (Å²) in [5.41, 5.74) is 0.781. The minimum atomic E-state index is -0.811. The summed E-state index contributed by atoms with van der Waals surface area (Å²) in [7, 11) is 1.67. The summed E-state index contributed by atoms with van der Waals surface area (Å²) in [6, 6.07) is 8.27. The maximum absolute atomic E-state index is 11.8. The average molecular weight is 285 g/mol. The van der Waals surface area contributed by atoms with Crippen molar-refractivity contribution in [1.29, 1.82) is 0 Å². The Morgan fingerprint density at radius 1 is 1.14 bits per heavy atom. The van der Waals surface area contributed by atoms with Crippen LogP contribution in [0.25, 0.3) is 0 Å². The lowest BCUT2D eigenvalue weighted by molar-refractivity contribution is -0.327. The molecule has 4 bridgehead atoms. The highest BCUT2D eigenvalue weighted by molar-refractivity contribution is 5.73. The van der Waals surface area contributed by atoms with Gasteiger partial charge in [-0.25, -0.2) is 0 Å². The maximum atomic E-state index is 11.8. The second-order valence-corrected chi connectivity index (χ2v) is 7.54. The van der Waals surface area contributed by atoms with Crippen LogP contribution in [0.2, 0.25) is 0 Å². The van der Waals surface area contributed by atoms with E-state index >= 15 is 0 Å². The van der Waals surface area contributed by atoms with Crippen LogP contribution in [-0.2, 0) is 10.2 Å². The number of carbonyl (C=O) groups excluding carboxylic acids is 1. The highest BCUT2D eigenvalue weighted by Crippen LogP contribution is 2.65. The molecule has 0 heterocycles. The summed E-state index contributed by atoms with van der Waals surface area (Å²) in [4.78, 5) is 11.8. The molecule has 21 heavy (non-hydrogen) atoms. The molecule has 3 heteroatoms. The molecule has 112 valence electrons. The van der Waals surface area contributed by atoms with Crippen LogP contribution in [0.1, 0.15) is 44.1 Å². The third-order valence-electron chi connectivity index (χ3n) is 6.20. The lowest BCUT2D eigenvalue weighted by Gasteiger charge is -2.62. The Kier molecular flexibility index (Phi) is 2.66. The average Bonchev–Trinajstić information content (AvgIpc) is 2.46. The van der Waals surface area contributed by atoms with Gasteiger partial charge in [0.25, 0.3) is 0 Å². The molecule has 0 aromatic heterocycles. The van der Waals surface area contributed by atoms with Crippen molar-refractivity contribution in [2.75, 3.05) is 7.11 Å². The molecule has 2 unspecified atom stereocenters. The zero-order valence-corrected chi connectivity index (χ0v) is 12.4. The van der Waals surface area contributed by atoms with Crippen molar-refractivity contribution in [1.82, 2.24) is 0 Å². The van der Waals surface area contributed by atoms with E-state index in [0.717, 1.165) is 37.9 Å². The van der Waals surface area contributed by atoms with E-state index in [2.05, 4.69) is 12.1 Å². The van der Waals surface area contributed by atoms with Crippen molar-refractivity contribution in [3.05, 3.63) is 29.8 Å². The monoisotopic (exact) mass is 285 g/mol. The van der Waals surface area contributed by atoms with Crippen molar-refractivity contribution >= 4 is 5.97 Å². The Hall–Kier alpha value is -1.51. The number of carboxylic acids is 1. The quantitative estimate of drug-likeness (QED) is 0.856. The fraction of sp³-hybridized carbons (Fsp3) is 0.611. The predicted octanol–water partition coefficient (Wildman–Crippen LogP) is 2.28. The topological polar surface area (TPSA) is 49.4 Å². The largest absolute Gasteiger partial charge is 0.550 e. The first-order valence-corrected chi connectivity index (χ1v) is 7.91. The number of carboxylic acid groups (broad SMARTS) is 1. The number of ether oxygens (including phenoxy) is 1. The van der Waals surface area contributed by atoms with Gasteiger partial charge in [-0.3, -0.25) is 0 Å². The Morgan fingerprint density at radius 3 is 2.29 bits per heavy atom. The number of rotatable bonds is 3. The molecule has 0 radical (unpaired) electrons. The van der Waals surface area contributed by atoms with E-state index in [0.29, 0.717) is 11.8 Å². The first kappa shape index (κ1) is 13.2. The normalized spacial score (nSPS) is 40.2. The molecule has 2 atom stereocenters. The first-order valence-electron chi connectivity index (χ1n) is 7.91. The summed E-state index contributed by atoms with van der Waals surface area (Å²) < 4.78 is 5.24. The molecule has 1 aromatic carbocycles. The molecule has 4 fully saturated rings. The SMILES string of the molecule is COc1ccc(C23CC4CC(CC(C(=O)[O-])(C4)C2)C3)cc1. The van der Waals surface area contributed by atoms with E-state index in [-0.39, 0.29) is 5.41 Å². The lowest BCUT2D eigenvalue weighted by atomic mass is 9.43.